The quantitative estimate of drug-likeness (QED) is 0.588. The van der Waals surface area contributed by atoms with Gasteiger partial charge in [0.15, 0.2) is 0 Å². The van der Waals surface area contributed by atoms with Gasteiger partial charge in [0, 0.05) is 11.0 Å². The van der Waals surface area contributed by atoms with Gasteiger partial charge in [-0.2, -0.15) is 0 Å². The standard InChI is InChI=1S/C13H28N2O3/c1-9(16)6-12(2,3)8-18-11(17)10(14)7-13(4,5)15/h9-10,16H,6-8,14-15H2,1-5H3. The molecule has 0 fully saturated rings. The van der Waals surface area contributed by atoms with E-state index in [0.29, 0.717) is 12.8 Å². The lowest BCUT2D eigenvalue weighted by Gasteiger charge is -2.27. The molecule has 0 amide bonds. The molecule has 0 aromatic heterocycles. The highest BCUT2D eigenvalue weighted by atomic mass is 16.5. The second-order valence-corrected chi connectivity index (χ2v) is 6.62. The zero-order valence-electron chi connectivity index (χ0n) is 12.2. The SMILES string of the molecule is CC(O)CC(C)(C)COC(=O)C(N)CC(C)(C)N. The first-order chi connectivity index (χ1) is 7.93. The molecule has 5 heteroatoms. The molecule has 0 saturated carbocycles. The fourth-order valence-electron chi connectivity index (χ4n) is 1.88. The number of aliphatic hydroxyl groups excluding tert-OH is 1. The molecule has 5 nitrogen and oxygen atoms in total. The summed E-state index contributed by atoms with van der Waals surface area (Å²) in [5.41, 5.74) is 10.8. The monoisotopic (exact) mass is 260 g/mol. The minimum atomic E-state index is -0.702. The first kappa shape index (κ1) is 17.4. The Hall–Kier alpha value is -0.650. The van der Waals surface area contributed by atoms with Gasteiger partial charge in [0.1, 0.15) is 6.04 Å². The molecule has 0 aromatic rings. The summed E-state index contributed by atoms with van der Waals surface area (Å²) in [6, 6.07) is -0.702. The Morgan fingerprint density at radius 2 is 1.78 bits per heavy atom. The molecule has 2 unspecified atom stereocenters. The lowest BCUT2D eigenvalue weighted by molar-refractivity contribution is -0.149. The van der Waals surface area contributed by atoms with E-state index in [9.17, 15) is 9.90 Å². The first-order valence-electron chi connectivity index (χ1n) is 6.32. The normalized spacial score (nSPS) is 16.2. The number of carbonyl (C=O) groups is 1. The lowest BCUT2D eigenvalue weighted by atomic mass is 9.88. The molecular formula is C13H28N2O3. The topological polar surface area (TPSA) is 98.6 Å². The molecule has 0 radical (unpaired) electrons. The van der Waals surface area contributed by atoms with Gasteiger partial charge in [0.2, 0.25) is 0 Å². The number of aliphatic hydroxyl groups is 1. The third-order valence-corrected chi connectivity index (χ3v) is 2.50. The third kappa shape index (κ3) is 8.44. The van der Waals surface area contributed by atoms with Gasteiger partial charge in [-0.25, -0.2) is 0 Å². The van der Waals surface area contributed by atoms with E-state index in [1.807, 2.05) is 27.7 Å². The molecule has 0 heterocycles. The average molecular weight is 260 g/mol. The van der Waals surface area contributed by atoms with Crippen molar-refractivity contribution < 1.29 is 14.6 Å². The van der Waals surface area contributed by atoms with E-state index in [2.05, 4.69) is 0 Å². The zero-order valence-corrected chi connectivity index (χ0v) is 12.2. The maximum atomic E-state index is 11.7. The zero-order chi connectivity index (χ0) is 14.6. The molecule has 0 aliphatic rings. The summed E-state index contributed by atoms with van der Waals surface area (Å²) >= 11 is 0. The maximum Gasteiger partial charge on any atom is 0.322 e. The molecule has 0 aromatic carbocycles. The van der Waals surface area contributed by atoms with Crippen molar-refractivity contribution in [3.63, 3.8) is 0 Å². The number of hydrogen-bond donors (Lipinski definition) is 3. The summed E-state index contributed by atoms with van der Waals surface area (Å²) in [5, 5.41) is 9.33. The third-order valence-electron chi connectivity index (χ3n) is 2.50. The molecule has 108 valence electrons. The van der Waals surface area contributed by atoms with Crippen molar-refractivity contribution >= 4 is 5.97 Å². The van der Waals surface area contributed by atoms with Crippen LogP contribution in [0.25, 0.3) is 0 Å². The average Bonchev–Trinajstić information content (AvgIpc) is 2.09. The van der Waals surface area contributed by atoms with Crippen molar-refractivity contribution in [2.75, 3.05) is 6.61 Å². The van der Waals surface area contributed by atoms with Crippen LogP contribution in [-0.4, -0.2) is 35.4 Å². The van der Waals surface area contributed by atoms with E-state index in [1.165, 1.54) is 0 Å². The van der Waals surface area contributed by atoms with Gasteiger partial charge in [-0.1, -0.05) is 13.8 Å². The van der Waals surface area contributed by atoms with Gasteiger partial charge in [-0.15, -0.1) is 0 Å². The van der Waals surface area contributed by atoms with Crippen molar-refractivity contribution in [1.29, 1.82) is 0 Å². The number of ether oxygens (including phenoxy) is 1. The van der Waals surface area contributed by atoms with Gasteiger partial charge in [-0.05, 0) is 33.6 Å². The van der Waals surface area contributed by atoms with Gasteiger partial charge in [-0.3, -0.25) is 4.79 Å². The molecule has 0 saturated heterocycles. The largest absolute Gasteiger partial charge is 0.464 e. The highest BCUT2D eigenvalue weighted by Crippen LogP contribution is 2.23. The summed E-state index contributed by atoms with van der Waals surface area (Å²) in [5.74, 6) is -0.438. The summed E-state index contributed by atoms with van der Waals surface area (Å²) in [4.78, 5) is 11.7. The van der Waals surface area contributed by atoms with Crippen molar-refractivity contribution in [3.8, 4) is 0 Å². The number of esters is 1. The van der Waals surface area contributed by atoms with Crippen LogP contribution in [0.3, 0.4) is 0 Å². The Morgan fingerprint density at radius 1 is 1.28 bits per heavy atom. The lowest BCUT2D eigenvalue weighted by Crippen LogP contribution is -2.44. The minimum absolute atomic E-state index is 0.245. The maximum absolute atomic E-state index is 11.7. The van der Waals surface area contributed by atoms with Crippen LogP contribution in [0.4, 0.5) is 0 Å². The summed E-state index contributed by atoms with van der Waals surface area (Å²) < 4.78 is 5.18. The molecule has 0 spiro atoms. The highest BCUT2D eigenvalue weighted by Gasteiger charge is 2.26. The van der Waals surface area contributed by atoms with E-state index < -0.39 is 23.7 Å². The number of nitrogens with two attached hydrogens (primary N) is 2. The van der Waals surface area contributed by atoms with Gasteiger partial charge >= 0.3 is 5.97 Å². The Bertz CT molecular complexity index is 270. The van der Waals surface area contributed by atoms with E-state index in [-0.39, 0.29) is 12.0 Å². The fraction of sp³-hybridized carbons (Fsp3) is 0.923. The molecule has 0 aliphatic carbocycles. The summed E-state index contributed by atoms with van der Waals surface area (Å²) in [6.07, 6.45) is 0.524. The molecular weight excluding hydrogens is 232 g/mol. The van der Waals surface area contributed by atoms with Crippen LogP contribution in [0, 0.1) is 5.41 Å². The van der Waals surface area contributed by atoms with E-state index >= 15 is 0 Å². The highest BCUT2D eigenvalue weighted by molar-refractivity contribution is 5.75. The second-order valence-electron chi connectivity index (χ2n) is 6.62. The predicted octanol–water partition coefficient (Wildman–Crippen LogP) is 0.781. The Balaban J connectivity index is 4.17. The predicted molar refractivity (Wildman–Crippen MR) is 71.9 cm³/mol. The van der Waals surface area contributed by atoms with Crippen LogP contribution in [0.1, 0.15) is 47.5 Å². The minimum Gasteiger partial charge on any atom is -0.464 e. The number of hydrogen-bond acceptors (Lipinski definition) is 5. The van der Waals surface area contributed by atoms with Gasteiger partial charge in [0.25, 0.3) is 0 Å². The van der Waals surface area contributed by atoms with Crippen LogP contribution in [0.5, 0.6) is 0 Å². The Morgan fingerprint density at radius 3 is 2.17 bits per heavy atom. The van der Waals surface area contributed by atoms with E-state index in [0.717, 1.165) is 0 Å². The van der Waals surface area contributed by atoms with Crippen LogP contribution >= 0.6 is 0 Å². The molecule has 0 aliphatic heterocycles. The molecule has 2 atom stereocenters. The van der Waals surface area contributed by atoms with Gasteiger partial charge in [0.05, 0.1) is 12.7 Å². The van der Waals surface area contributed by atoms with Crippen molar-refractivity contribution in [2.45, 2.75) is 65.1 Å². The van der Waals surface area contributed by atoms with Crippen LogP contribution in [-0.2, 0) is 9.53 Å². The molecule has 5 N–H and O–H groups in total. The summed E-state index contributed by atoms with van der Waals surface area (Å²) in [7, 11) is 0. The van der Waals surface area contributed by atoms with Crippen molar-refractivity contribution in [2.24, 2.45) is 16.9 Å². The molecule has 18 heavy (non-hydrogen) atoms. The molecule has 0 rings (SSSR count). The van der Waals surface area contributed by atoms with Crippen molar-refractivity contribution in [3.05, 3.63) is 0 Å². The smallest absolute Gasteiger partial charge is 0.322 e. The first-order valence-corrected chi connectivity index (χ1v) is 6.32. The van der Waals surface area contributed by atoms with Crippen LogP contribution in [0.2, 0.25) is 0 Å². The second kappa shape index (κ2) is 6.50. The van der Waals surface area contributed by atoms with Crippen molar-refractivity contribution in [1.82, 2.24) is 0 Å². The Kier molecular flexibility index (Phi) is 6.26. The van der Waals surface area contributed by atoms with E-state index in [4.69, 9.17) is 16.2 Å². The van der Waals surface area contributed by atoms with E-state index in [1.54, 1.807) is 6.92 Å². The number of rotatable bonds is 7. The Labute approximate surface area is 110 Å². The van der Waals surface area contributed by atoms with Crippen LogP contribution < -0.4 is 11.5 Å². The van der Waals surface area contributed by atoms with Crippen LogP contribution in [0.15, 0.2) is 0 Å². The molecule has 0 bridgehead atoms. The van der Waals surface area contributed by atoms with Gasteiger partial charge < -0.3 is 21.3 Å². The fourth-order valence-corrected chi connectivity index (χ4v) is 1.88. The summed E-state index contributed by atoms with van der Waals surface area (Å²) in [6.45, 7) is 9.47. The number of carbonyl (C=O) groups excluding carboxylic acids is 1.